The second-order valence-corrected chi connectivity index (χ2v) is 6.67. The number of halogens is 1. The number of nitrogens with one attached hydrogen (secondary N) is 1. The molecule has 1 N–H and O–H groups in total. The lowest BCUT2D eigenvalue weighted by Gasteiger charge is -2.06. The van der Waals surface area contributed by atoms with E-state index in [9.17, 15) is 4.39 Å². The van der Waals surface area contributed by atoms with E-state index in [4.69, 9.17) is 0 Å². The van der Waals surface area contributed by atoms with Crippen LogP contribution in [-0.4, -0.2) is 25.0 Å². The largest absolute Gasteiger partial charge is 0.353 e. The molecule has 0 fully saturated rings. The first-order chi connectivity index (χ1) is 12.8. The maximum absolute atomic E-state index is 13.0. The van der Waals surface area contributed by atoms with Gasteiger partial charge in [0.05, 0.1) is 6.54 Å². The summed E-state index contributed by atoms with van der Waals surface area (Å²) in [5.41, 5.74) is 2.00. The molecule has 2 aromatic carbocycles. The highest BCUT2D eigenvalue weighted by atomic mass is 32.1. The van der Waals surface area contributed by atoms with E-state index in [0.29, 0.717) is 18.1 Å². The summed E-state index contributed by atoms with van der Waals surface area (Å²) >= 11 is 1.47. The Hall–Kier alpha value is -3.13. The highest BCUT2D eigenvalue weighted by molar-refractivity contribution is 7.15. The van der Waals surface area contributed by atoms with Gasteiger partial charge in [0.1, 0.15) is 17.2 Å². The van der Waals surface area contributed by atoms with Crippen LogP contribution < -0.4 is 5.32 Å². The van der Waals surface area contributed by atoms with E-state index in [1.807, 2.05) is 34.9 Å². The smallest absolute Gasteiger partial charge is 0.206 e. The maximum atomic E-state index is 13.0. The fourth-order valence-electron chi connectivity index (χ4n) is 2.51. The Balaban J connectivity index is 1.41. The van der Waals surface area contributed by atoms with Gasteiger partial charge in [-0.1, -0.05) is 41.7 Å². The van der Waals surface area contributed by atoms with Gasteiger partial charge in [0.15, 0.2) is 5.82 Å². The Labute approximate surface area is 153 Å². The molecule has 0 saturated carbocycles. The van der Waals surface area contributed by atoms with Crippen molar-refractivity contribution in [1.29, 1.82) is 0 Å². The molecule has 0 amide bonds. The number of rotatable bonds is 6. The lowest BCUT2D eigenvalue weighted by Crippen LogP contribution is -2.06. The van der Waals surface area contributed by atoms with Crippen molar-refractivity contribution in [3.8, 4) is 5.69 Å². The van der Waals surface area contributed by atoms with Crippen LogP contribution in [0.2, 0.25) is 0 Å². The molecule has 0 spiro atoms. The standard InChI is InChI=1S/C18H15FN6S/c19-14-8-6-13(7-9-14)10-17-23-24-18(26-17)20-11-16-22-21-12-25(16)15-4-2-1-3-5-15/h1-9,12H,10-11H2,(H,20,24). The molecule has 0 aliphatic rings. The molecule has 8 heteroatoms. The third kappa shape index (κ3) is 3.75. The Morgan fingerprint density at radius 1 is 0.962 bits per heavy atom. The minimum Gasteiger partial charge on any atom is -0.353 e. The third-order valence-corrected chi connectivity index (χ3v) is 4.67. The number of hydrogen-bond donors (Lipinski definition) is 1. The molecule has 130 valence electrons. The molecular weight excluding hydrogens is 351 g/mol. The first kappa shape index (κ1) is 16.3. The number of aromatic nitrogens is 5. The average molecular weight is 366 g/mol. The zero-order valence-electron chi connectivity index (χ0n) is 13.7. The first-order valence-electron chi connectivity index (χ1n) is 8.03. The Morgan fingerprint density at radius 3 is 2.58 bits per heavy atom. The summed E-state index contributed by atoms with van der Waals surface area (Å²) in [6.45, 7) is 0.486. The van der Waals surface area contributed by atoms with Crippen molar-refractivity contribution in [3.05, 3.63) is 83.1 Å². The quantitative estimate of drug-likeness (QED) is 0.566. The van der Waals surface area contributed by atoms with E-state index in [2.05, 4.69) is 25.7 Å². The molecule has 4 aromatic rings. The molecule has 26 heavy (non-hydrogen) atoms. The fraction of sp³-hybridized carbons (Fsp3) is 0.111. The zero-order valence-corrected chi connectivity index (χ0v) is 14.5. The zero-order chi connectivity index (χ0) is 17.8. The Kier molecular flexibility index (Phi) is 4.65. The summed E-state index contributed by atoms with van der Waals surface area (Å²) < 4.78 is 14.9. The van der Waals surface area contributed by atoms with Crippen LogP contribution in [0.4, 0.5) is 9.52 Å². The summed E-state index contributed by atoms with van der Waals surface area (Å²) in [5, 5.41) is 21.3. The van der Waals surface area contributed by atoms with Gasteiger partial charge in [-0.2, -0.15) is 0 Å². The second kappa shape index (κ2) is 7.40. The van der Waals surface area contributed by atoms with Gasteiger partial charge in [-0.25, -0.2) is 4.39 Å². The van der Waals surface area contributed by atoms with Gasteiger partial charge in [-0.05, 0) is 29.8 Å². The number of para-hydroxylation sites is 1. The van der Waals surface area contributed by atoms with Crippen LogP contribution in [0.1, 0.15) is 16.4 Å². The summed E-state index contributed by atoms with van der Waals surface area (Å²) in [5.74, 6) is 0.544. The van der Waals surface area contributed by atoms with E-state index in [1.165, 1.54) is 23.5 Å². The van der Waals surface area contributed by atoms with Gasteiger partial charge in [-0.3, -0.25) is 4.57 Å². The number of benzene rings is 2. The third-order valence-electron chi connectivity index (χ3n) is 3.79. The van der Waals surface area contributed by atoms with E-state index < -0.39 is 0 Å². The van der Waals surface area contributed by atoms with Crippen molar-refractivity contribution in [2.24, 2.45) is 0 Å². The van der Waals surface area contributed by atoms with Crippen LogP contribution in [0.3, 0.4) is 0 Å². The summed E-state index contributed by atoms with van der Waals surface area (Å²) in [6.07, 6.45) is 2.31. The minimum atomic E-state index is -0.240. The van der Waals surface area contributed by atoms with Crippen LogP contribution in [0.25, 0.3) is 5.69 Å². The van der Waals surface area contributed by atoms with E-state index in [-0.39, 0.29) is 5.82 Å². The molecule has 2 aromatic heterocycles. The van der Waals surface area contributed by atoms with Crippen molar-refractivity contribution in [2.45, 2.75) is 13.0 Å². The van der Waals surface area contributed by atoms with Crippen LogP contribution in [-0.2, 0) is 13.0 Å². The molecule has 6 nitrogen and oxygen atoms in total. The number of anilines is 1. The van der Waals surface area contributed by atoms with Crippen molar-refractivity contribution in [3.63, 3.8) is 0 Å². The van der Waals surface area contributed by atoms with Gasteiger partial charge in [0.25, 0.3) is 0 Å². The van der Waals surface area contributed by atoms with Crippen molar-refractivity contribution in [1.82, 2.24) is 25.0 Å². The lowest BCUT2D eigenvalue weighted by atomic mass is 10.2. The van der Waals surface area contributed by atoms with Gasteiger partial charge >= 0.3 is 0 Å². The van der Waals surface area contributed by atoms with Gasteiger partial charge in [0.2, 0.25) is 5.13 Å². The second-order valence-electron chi connectivity index (χ2n) is 5.61. The molecular formula is C18H15FN6S. The van der Waals surface area contributed by atoms with Crippen molar-refractivity contribution in [2.75, 3.05) is 5.32 Å². The molecule has 0 unspecified atom stereocenters. The highest BCUT2D eigenvalue weighted by Gasteiger charge is 2.09. The molecule has 0 radical (unpaired) electrons. The number of nitrogens with zero attached hydrogens (tertiary/aromatic N) is 5. The van der Waals surface area contributed by atoms with Gasteiger partial charge < -0.3 is 5.32 Å². The van der Waals surface area contributed by atoms with Crippen LogP contribution in [0.15, 0.2) is 60.9 Å². The predicted molar refractivity (Wildman–Crippen MR) is 97.8 cm³/mol. The van der Waals surface area contributed by atoms with Crippen molar-refractivity contribution >= 4 is 16.5 Å². The average Bonchev–Trinajstić information content (AvgIpc) is 3.32. The number of hydrogen-bond acceptors (Lipinski definition) is 6. The summed E-state index contributed by atoms with van der Waals surface area (Å²) in [4.78, 5) is 0. The lowest BCUT2D eigenvalue weighted by molar-refractivity contribution is 0.627. The van der Waals surface area contributed by atoms with E-state index >= 15 is 0 Å². The molecule has 0 atom stereocenters. The molecule has 0 saturated heterocycles. The molecule has 0 aliphatic heterocycles. The monoisotopic (exact) mass is 366 g/mol. The van der Waals surface area contributed by atoms with E-state index in [0.717, 1.165) is 22.1 Å². The topological polar surface area (TPSA) is 68.5 Å². The van der Waals surface area contributed by atoms with Crippen molar-refractivity contribution < 1.29 is 4.39 Å². The molecule has 2 heterocycles. The summed E-state index contributed by atoms with van der Waals surface area (Å²) in [6, 6.07) is 16.3. The fourth-order valence-corrected chi connectivity index (χ4v) is 3.28. The van der Waals surface area contributed by atoms with Crippen LogP contribution in [0, 0.1) is 5.82 Å². The molecule has 0 bridgehead atoms. The predicted octanol–water partition coefficient (Wildman–Crippen LogP) is 3.46. The molecule has 4 rings (SSSR count). The van der Waals surface area contributed by atoms with Gasteiger partial charge in [0, 0.05) is 12.1 Å². The Bertz CT molecular complexity index is 980. The summed E-state index contributed by atoms with van der Waals surface area (Å²) in [7, 11) is 0. The van der Waals surface area contributed by atoms with E-state index in [1.54, 1.807) is 18.5 Å². The minimum absolute atomic E-state index is 0.240. The van der Waals surface area contributed by atoms with Crippen LogP contribution >= 0.6 is 11.3 Å². The molecule has 0 aliphatic carbocycles. The maximum Gasteiger partial charge on any atom is 0.206 e. The van der Waals surface area contributed by atoms with Crippen LogP contribution in [0.5, 0.6) is 0 Å². The highest BCUT2D eigenvalue weighted by Crippen LogP contribution is 2.19. The Morgan fingerprint density at radius 2 is 1.77 bits per heavy atom. The normalized spacial score (nSPS) is 10.8. The SMILES string of the molecule is Fc1ccc(Cc2nnc(NCc3nncn3-c3ccccc3)s2)cc1. The first-order valence-corrected chi connectivity index (χ1v) is 8.84. The van der Waals surface area contributed by atoms with Gasteiger partial charge in [-0.15, -0.1) is 20.4 Å².